The van der Waals surface area contributed by atoms with Crippen LogP contribution in [0.3, 0.4) is 0 Å². The van der Waals surface area contributed by atoms with Gasteiger partial charge in [0.25, 0.3) is 5.56 Å². The molecule has 4 rings (SSSR count). The second-order valence-electron chi connectivity index (χ2n) is 6.50. The summed E-state index contributed by atoms with van der Waals surface area (Å²) in [7, 11) is -3.98. The number of benzene rings is 2. The zero-order chi connectivity index (χ0) is 22.2. The van der Waals surface area contributed by atoms with E-state index in [2.05, 4.69) is 10.3 Å². The van der Waals surface area contributed by atoms with E-state index in [-0.39, 0.29) is 17.8 Å². The zero-order valence-corrected chi connectivity index (χ0v) is 18.0. The minimum atomic E-state index is -3.98. The van der Waals surface area contributed by atoms with Crippen LogP contribution in [-0.2, 0) is 10.0 Å². The molecular weight excluding hydrogens is 467 g/mol. The summed E-state index contributed by atoms with van der Waals surface area (Å²) in [4.78, 5) is 28.9. The number of sulfonamides is 1. The van der Waals surface area contributed by atoms with Crippen molar-refractivity contribution >= 4 is 56.0 Å². The fourth-order valence-corrected chi connectivity index (χ4v) is 5.93. The quantitative estimate of drug-likeness (QED) is 0.591. The van der Waals surface area contributed by atoms with E-state index >= 15 is 0 Å². The summed E-state index contributed by atoms with van der Waals surface area (Å²) in [5, 5.41) is 2.59. The molecule has 3 aromatic rings. The second-order valence-corrected chi connectivity index (χ2v) is 10.5. The number of hydrogen-bond acceptors (Lipinski definition) is 6. The Morgan fingerprint density at radius 1 is 1.26 bits per heavy atom. The standard InChI is InChI=1S/C19H14ClFN4O4S2/c20-16-7-8-17(30-16)31(28,29)24-19(27)23-11-5-6-15(13(21)9-11)25-10-22-14-4-2-1-3-12(14)18(25)26/h1-7,9-10,17H,8H2,(H2,23,24,27). The second kappa shape index (κ2) is 8.33. The van der Waals surface area contributed by atoms with Crippen LogP contribution >= 0.6 is 23.4 Å². The topological polar surface area (TPSA) is 110 Å². The highest BCUT2D eigenvalue weighted by Crippen LogP contribution is 2.37. The predicted molar refractivity (Wildman–Crippen MR) is 118 cm³/mol. The number of halogens is 2. The molecular formula is C19H14ClFN4O4S2. The Kier molecular flexibility index (Phi) is 5.73. The van der Waals surface area contributed by atoms with Gasteiger partial charge in [-0.25, -0.2) is 27.3 Å². The lowest BCUT2D eigenvalue weighted by atomic mass is 10.2. The van der Waals surface area contributed by atoms with Crippen molar-refractivity contribution in [2.45, 2.75) is 11.0 Å². The van der Waals surface area contributed by atoms with E-state index in [1.807, 2.05) is 4.72 Å². The Balaban J connectivity index is 1.52. The number of fused-ring (bicyclic) bond motifs is 1. The molecule has 31 heavy (non-hydrogen) atoms. The molecule has 2 N–H and O–H groups in total. The lowest BCUT2D eigenvalue weighted by molar-refractivity contribution is 0.256. The van der Waals surface area contributed by atoms with Gasteiger partial charge in [0.2, 0.25) is 10.0 Å². The number of thioether (sulfide) groups is 1. The number of carbonyl (C=O) groups excluding carboxylic acids is 1. The predicted octanol–water partition coefficient (Wildman–Crippen LogP) is 3.52. The number of allylic oxidation sites excluding steroid dienone is 1. The first kappa shape index (κ1) is 21.3. The monoisotopic (exact) mass is 480 g/mol. The highest BCUT2D eigenvalue weighted by molar-refractivity contribution is 8.16. The van der Waals surface area contributed by atoms with E-state index in [4.69, 9.17) is 11.6 Å². The molecule has 1 aromatic heterocycles. The highest BCUT2D eigenvalue weighted by Gasteiger charge is 2.31. The van der Waals surface area contributed by atoms with Crippen LogP contribution in [0.4, 0.5) is 14.9 Å². The molecule has 160 valence electrons. The number of urea groups is 1. The molecule has 2 amide bonds. The van der Waals surface area contributed by atoms with E-state index in [0.717, 1.165) is 22.4 Å². The smallest absolute Gasteiger partial charge is 0.307 e. The van der Waals surface area contributed by atoms with Gasteiger partial charge in [-0.05, 0) is 36.8 Å². The summed E-state index contributed by atoms with van der Waals surface area (Å²) in [6.07, 6.45) is 2.93. The number of nitrogens with zero attached hydrogens (tertiary/aromatic N) is 2. The molecule has 0 bridgehead atoms. The maximum absolute atomic E-state index is 14.7. The average Bonchev–Trinajstić information content (AvgIpc) is 3.16. The van der Waals surface area contributed by atoms with Gasteiger partial charge < -0.3 is 5.32 Å². The minimum Gasteiger partial charge on any atom is -0.307 e. The number of amides is 2. The van der Waals surface area contributed by atoms with Crippen LogP contribution in [0, 0.1) is 5.82 Å². The van der Waals surface area contributed by atoms with E-state index < -0.39 is 32.0 Å². The Bertz CT molecular complexity index is 1390. The van der Waals surface area contributed by atoms with Crippen molar-refractivity contribution in [3.8, 4) is 5.69 Å². The fourth-order valence-electron chi connectivity index (χ4n) is 2.97. The largest absolute Gasteiger partial charge is 0.332 e. The van der Waals surface area contributed by atoms with Crippen molar-refractivity contribution in [3.05, 3.63) is 75.4 Å². The number of nitrogens with one attached hydrogen (secondary N) is 2. The average molecular weight is 481 g/mol. The molecule has 0 saturated heterocycles. The van der Waals surface area contributed by atoms with Gasteiger partial charge in [0.05, 0.1) is 21.0 Å². The van der Waals surface area contributed by atoms with Crippen molar-refractivity contribution in [1.29, 1.82) is 0 Å². The van der Waals surface area contributed by atoms with Crippen LogP contribution in [0.1, 0.15) is 6.42 Å². The summed E-state index contributed by atoms with van der Waals surface area (Å²) in [6.45, 7) is 0. The molecule has 1 atom stereocenters. The molecule has 12 heteroatoms. The Morgan fingerprint density at radius 2 is 2.03 bits per heavy atom. The molecule has 2 aromatic carbocycles. The van der Waals surface area contributed by atoms with Gasteiger partial charge in [0.15, 0.2) is 0 Å². The van der Waals surface area contributed by atoms with Gasteiger partial charge in [0, 0.05) is 5.69 Å². The first-order valence-corrected chi connectivity index (χ1v) is 11.7. The maximum Gasteiger partial charge on any atom is 0.332 e. The minimum absolute atomic E-state index is 0.00554. The Hall–Kier alpha value is -2.89. The summed E-state index contributed by atoms with van der Waals surface area (Å²) < 4.78 is 41.5. The Morgan fingerprint density at radius 3 is 2.74 bits per heavy atom. The Labute approximate surface area is 185 Å². The molecule has 2 heterocycles. The lowest BCUT2D eigenvalue weighted by Crippen LogP contribution is -2.38. The molecule has 0 saturated carbocycles. The molecule has 1 aliphatic heterocycles. The molecule has 0 radical (unpaired) electrons. The van der Waals surface area contributed by atoms with Gasteiger partial charge >= 0.3 is 6.03 Å². The van der Waals surface area contributed by atoms with Crippen LogP contribution in [-0.4, -0.2) is 28.6 Å². The van der Waals surface area contributed by atoms with Crippen molar-refractivity contribution in [1.82, 2.24) is 14.3 Å². The van der Waals surface area contributed by atoms with Crippen molar-refractivity contribution < 1.29 is 17.6 Å². The number of rotatable bonds is 4. The van der Waals surface area contributed by atoms with E-state index in [1.54, 1.807) is 30.3 Å². The fraction of sp³-hybridized carbons (Fsp3) is 0.105. The molecule has 1 unspecified atom stereocenters. The highest BCUT2D eigenvalue weighted by atomic mass is 35.5. The van der Waals surface area contributed by atoms with Gasteiger partial charge in [-0.3, -0.25) is 9.36 Å². The molecule has 0 aliphatic carbocycles. The van der Waals surface area contributed by atoms with Crippen LogP contribution in [0.15, 0.2) is 64.0 Å². The van der Waals surface area contributed by atoms with Crippen LogP contribution in [0.25, 0.3) is 16.6 Å². The third kappa shape index (κ3) is 4.43. The van der Waals surface area contributed by atoms with Crippen molar-refractivity contribution in [2.24, 2.45) is 0 Å². The maximum atomic E-state index is 14.7. The number of aromatic nitrogens is 2. The number of carbonyl (C=O) groups is 1. The third-order valence-corrected chi connectivity index (χ3v) is 8.10. The molecule has 8 nitrogen and oxygen atoms in total. The first-order valence-electron chi connectivity index (χ1n) is 8.86. The summed E-state index contributed by atoms with van der Waals surface area (Å²) >= 11 is 6.69. The number of hydrogen-bond donors (Lipinski definition) is 2. The van der Waals surface area contributed by atoms with Gasteiger partial charge in [0.1, 0.15) is 16.7 Å². The molecule has 0 fully saturated rings. The van der Waals surface area contributed by atoms with Crippen LogP contribution in [0.5, 0.6) is 0 Å². The van der Waals surface area contributed by atoms with Gasteiger partial charge in [-0.2, -0.15) is 0 Å². The first-order chi connectivity index (χ1) is 14.7. The summed E-state index contributed by atoms with van der Waals surface area (Å²) in [6, 6.07) is 9.24. The lowest BCUT2D eigenvalue weighted by Gasteiger charge is -2.13. The molecule has 1 aliphatic rings. The summed E-state index contributed by atoms with van der Waals surface area (Å²) in [5.41, 5.74) is -0.0245. The number of anilines is 1. The van der Waals surface area contributed by atoms with Gasteiger partial charge in [-0.15, -0.1) is 0 Å². The van der Waals surface area contributed by atoms with Crippen molar-refractivity contribution in [3.63, 3.8) is 0 Å². The van der Waals surface area contributed by atoms with E-state index in [1.165, 1.54) is 18.5 Å². The van der Waals surface area contributed by atoms with Crippen LogP contribution in [0.2, 0.25) is 0 Å². The molecule has 0 spiro atoms. The van der Waals surface area contributed by atoms with Gasteiger partial charge in [-0.1, -0.05) is 41.6 Å². The van der Waals surface area contributed by atoms with E-state index in [0.29, 0.717) is 15.3 Å². The van der Waals surface area contributed by atoms with E-state index in [9.17, 15) is 22.4 Å². The van der Waals surface area contributed by atoms with Crippen LogP contribution < -0.4 is 15.6 Å². The number of para-hydroxylation sites is 1. The SMILES string of the molecule is O=C(Nc1ccc(-n2cnc3ccccc3c2=O)c(F)c1)NS(=O)(=O)C1CC=C(Cl)S1. The van der Waals surface area contributed by atoms with Crippen molar-refractivity contribution in [2.75, 3.05) is 5.32 Å². The third-order valence-electron chi connectivity index (χ3n) is 4.43. The normalized spacial score (nSPS) is 16.2. The zero-order valence-electron chi connectivity index (χ0n) is 15.6. The summed E-state index contributed by atoms with van der Waals surface area (Å²) in [5.74, 6) is -0.804.